The zero-order valence-electron chi connectivity index (χ0n) is 16.9. The summed E-state index contributed by atoms with van der Waals surface area (Å²) in [6.07, 6.45) is 2.48. The van der Waals surface area contributed by atoms with Crippen molar-refractivity contribution in [3.63, 3.8) is 0 Å². The van der Waals surface area contributed by atoms with Crippen LogP contribution in [0.25, 0.3) is 0 Å². The molecule has 30 heavy (non-hydrogen) atoms. The SMILES string of the molecule is COc1cc(OC)c(NS(=O)(=O)c2ccc3c(c2)CC(C)N3C(=O)C2CC2)cc1Cl. The largest absolute Gasteiger partial charge is 0.495 e. The summed E-state index contributed by atoms with van der Waals surface area (Å²) in [5.74, 6) is 0.905. The maximum absolute atomic E-state index is 13.0. The number of amides is 1. The molecule has 0 spiro atoms. The van der Waals surface area contributed by atoms with Crippen LogP contribution in [0.3, 0.4) is 0 Å². The highest BCUT2D eigenvalue weighted by Crippen LogP contribution is 2.40. The van der Waals surface area contributed by atoms with Crippen LogP contribution in [0.1, 0.15) is 25.3 Å². The number of hydrogen-bond acceptors (Lipinski definition) is 5. The Balaban J connectivity index is 1.64. The monoisotopic (exact) mass is 450 g/mol. The fourth-order valence-electron chi connectivity index (χ4n) is 3.78. The third-order valence-electron chi connectivity index (χ3n) is 5.46. The van der Waals surface area contributed by atoms with Gasteiger partial charge in [0.25, 0.3) is 10.0 Å². The second-order valence-corrected chi connectivity index (χ2v) is 9.71. The Morgan fingerprint density at radius 1 is 1.13 bits per heavy atom. The third-order valence-corrected chi connectivity index (χ3v) is 7.12. The summed E-state index contributed by atoms with van der Waals surface area (Å²) in [4.78, 5) is 14.5. The van der Waals surface area contributed by atoms with Gasteiger partial charge >= 0.3 is 0 Å². The fourth-order valence-corrected chi connectivity index (χ4v) is 5.13. The van der Waals surface area contributed by atoms with Crippen LogP contribution in [0.5, 0.6) is 11.5 Å². The summed E-state index contributed by atoms with van der Waals surface area (Å²) >= 11 is 6.15. The molecule has 0 radical (unpaired) electrons. The van der Waals surface area contributed by atoms with Crippen LogP contribution in [0, 0.1) is 5.92 Å². The molecule has 1 fully saturated rings. The van der Waals surface area contributed by atoms with Crippen molar-refractivity contribution in [2.45, 2.75) is 37.1 Å². The number of anilines is 2. The molecule has 2 aliphatic rings. The van der Waals surface area contributed by atoms with E-state index in [0.29, 0.717) is 12.2 Å². The van der Waals surface area contributed by atoms with Crippen LogP contribution in [-0.2, 0) is 21.2 Å². The number of rotatable bonds is 6. The minimum atomic E-state index is -3.90. The second-order valence-electron chi connectivity index (χ2n) is 7.62. The predicted octanol–water partition coefficient (Wildman–Crippen LogP) is 3.85. The molecule has 1 N–H and O–H groups in total. The van der Waals surface area contributed by atoms with Crippen molar-refractivity contribution in [3.8, 4) is 11.5 Å². The number of benzene rings is 2. The molecule has 7 nitrogen and oxygen atoms in total. The van der Waals surface area contributed by atoms with Gasteiger partial charge in [-0.05, 0) is 56.0 Å². The molecule has 0 aromatic heterocycles. The molecule has 1 unspecified atom stereocenters. The van der Waals surface area contributed by atoms with Crippen LogP contribution in [0.2, 0.25) is 5.02 Å². The number of carbonyl (C=O) groups is 1. The van der Waals surface area contributed by atoms with Crippen molar-refractivity contribution < 1.29 is 22.7 Å². The van der Waals surface area contributed by atoms with Gasteiger partial charge in [-0.3, -0.25) is 9.52 Å². The number of hydrogen-bond donors (Lipinski definition) is 1. The standard InChI is InChI=1S/C21H23ClN2O5S/c1-12-8-14-9-15(6-7-18(14)24(12)21(25)13-4-5-13)30(26,27)23-17-10-16(22)19(28-2)11-20(17)29-3/h6-7,9-13,23H,4-5,8H2,1-3H3. The molecule has 0 saturated heterocycles. The summed E-state index contributed by atoms with van der Waals surface area (Å²) in [6, 6.07) is 7.84. The van der Waals surface area contributed by atoms with Gasteiger partial charge in [0, 0.05) is 23.7 Å². The molecule has 2 aromatic rings. The Morgan fingerprint density at radius 2 is 1.83 bits per heavy atom. The molecule has 1 atom stereocenters. The zero-order chi connectivity index (χ0) is 21.6. The van der Waals surface area contributed by atoms with Crippen LogP contribution >= 0.6 is 11.6 Å². The number of ether oxygens (including phenoxy) is 2. The van der Waals surface area contributed by atoms with Gasteiger partial charge < -0.3 is 14.4 Å². The molecule has 1 aliphatic carbocycles. The first kappa shape index (κ1) is 20.8. The van der Waals surface area contributed by atoms with E-state index in [2.05, 4.69) is 4.72 Å². The summed E-state index contributed by atoms with van der Waals surface area (Å²) in [7, 11) is -0.997. The second kappa shape index (κ2) is 7.67. The Hall–Kier alpha value is -2.45. The number of sulfonamides is 1. The van der Waals surface area contributed by atoms with Crippen molar-refractivity contribution in [2.24, 2.45) is 5.92 Å². The summed E-state index contributed by atoms with van der Waals surface area (Å²) in [5, 5.41) is 0.257. The first-order valence-electron chi connectivity index (χ1n) is 9.65. The number of carbonyl (C=O) groups excluding carboxylic acids is 1. The number of fused-ring (bicyclic) bond motifs is 1. The summed E-state index contributed by atoms with van der Waals surface area (Å²) in [6.45, 7) is 1.98. The Bertz CT molecular complexity index is 1110. The molecule has 4 rings (SSSR count). The molecule has 160 valence electrons. The highest BCUT2D eigenvalue weighted by Gasteiger charge is 2.39. The number of halogens is 1. The molecule has 1 aliphatic heterocycles. The lowest BCUT2D eigenvalue weighted by Gasteiger charge is -2.22. The lowest BCUT2D eigenvalue weighted by Crippen LogP contribution is -2.36. The van der Waals surface area contributed by atoms with Gasteiger partial charge in [0.1, 0.15) is 11.5 Å². The van der Waals surface area contributed by atoms with E-state index in [-0.39, 0.29) is 39.2 Å². The van der Waals surface area contributed by atoms with Crippen molar-refractivity contribution in [2.75, 3.05) is 23.8 Å². The smallest absolute Gasteiger partial charge is 0.262 e. The maximum Gasteiger partial charge on any atom is 0.262 e. The molecule has 2 aromatic carbocycles. The van der Waals surface area contributed by atoms with Gasteiger partial charge in [0.15, 0.2) is 0 Å². The Morgan fingerprint density at radius 3 is 2.47 bits per heavy atom. The van der Waals surface area contributed by atoms with Gasteiger partial charge in [-0.25, -0.2) is 8.42 Å². The van der Waals surface area contributed by atoms with E-state index in [9.17, 15) is 13.2 Å². The van der Waals surface area contributed by atoms with Crippen molar-refractivity contribution in [1.82, 2.24) is 0 Å². The van der Waals surface area contributed by atoms with E-state index in [0.717, 1.165) is 24.1 Å². The lowest BCUT2D eigenvalue weighted by molar-refractivity contribution is -0.120. The summed E-state index contributed by atoms with van der Waals surface area (Å²) < 4.78 is 39.0. The quantitative estimate of drug-likeness (QED) is 0.722. The van der Waals surface area contributed by atoms with E-state index in [1.807, 2.05) is 11.8 Å². The van der Waals surface area contributed by atoms with Gasteiger partial charge in [0.2, 0.25) is 5.91 Å². The molecule has 9 heteroatoms. The van der Waals surface area contributed by atoms with Crippen molar-refractivity contribution in [3.05, 3.63) is 40.9 Å². The number of nitrogens with one attached hydrogen (secondary N) is 1. The lowest BCUT2D eigenvalue weighted by atomic mass is 10.1. The van der Waals surface area contributed by atoms with Crippen LogP contribution < -0.4 is 19.1 Å². The number of methoxy groups -OCH3 is 2. The maximum atomic E-state index is 13.0. The van der Waals surface area contributed by atoms with Crippen LogP contribution in [-0.4, -0.2) is 34.6 Å². The third kappa shape index (κ3) is 3.70. The minimum absolute atomic E-state index is 0.0134. The fraction of sp³-hybridized carbons (Fsp3) is 0.381. The average Bonchev–Trinajstić information content (AvgIpc) is 3.49. The van der Waals surface area contributed by atoms with Gasteiger partial charge in [-0.1, -0.05) is 11.6 Å². The molecule has 0 bridgehead atoms. The van der Waals surface area contributed by atoms with E-state index in [4.69, 9.17) is 21.1 Å². The van der Waals surface area contributed by atoms with Gasteiger partial charge in [-0.2, -0.15) is 0 Å². The first-order valence-corrected chi connectivity index (χ1v) is 11.5. The highest BCUT2D eigenvalue weighted by atomic mass is 35.5. The molecule has 1 amide bonds. The predicted molar refractivity (Wildman–Crippen MR) is 115 cm³/mol. The van der Waals surface area contributed by atoms with Gasteiger partial charge in [-0.15, -0.1) is 0 Å². The topological polar surface area (TPSA) is 84.9 Å². The van der Waals surface area contributed by atoms with E-state index in [1.54, 1.807) is 12.1 Å². The zero-order valence-corrected chi connectivity index (χ0v) is 18.5. The molecule has 1 saturated carbocycles. The first-order chi connectivity index (χ1) is 14.2. The van der Waals surface area contributed by atoms with E-state index >= 15 is 0 Å². The number of nitrogens with zero attached hydrogens (tertiary/aromatic N) is 1. The van der Waals surface area contributed by atoms with Crippen LogP contribution in [0.4, 0.5) is 11.4 Å². The minimum Gasteiger partial charge on any atom is -0.495 e. The Labute approximate surface area is 181 Å². The van der Waals surface area contributed by atoms with E-state index < -0.39 is 10.0 Å². The normalized spacial score (nSPS) is 18.1. The highest BCUT2D eigenvalue weighted by molar-refractivity contribution is 7.92. The van der Waals surface area contributed by atoms with Crippen molar-refractivity contribution >= 4 is 38.9 Å². The Kier molecular flexibility index (Phi) is 5.32. The molecule has 1 heterocycles. The average molecular weight is 451 g/mol. The summed E-state index contributed by atoms with van der Waals surface area (Å²) in [5.41, 5.74) is 1.85. The van der Waals surface area contributed by atoms with Gasteiger partial charge in [0.05, 0.1) is 29.8 Å². The van der Waals surface area contributed by atoms with Crippen molar-refractivity contribution in [1.29, 1.82) is 0 Å². The van der Waals surface area contributed by atoms with Crippen LogP contribution in [0.15, 0.2) is 35.2 Å². The molecular formula is C21H23ClN2O5S. The van der Waals surface area contributed by atoms with E-state index in [1.165, 1.54) is 32.4 Å². The molecular weight excluding hydrogens is 428 g/mol.